The van der Waals surface area contributed by atoms with E-state index in [-0.39, 0.29) is 5.91 Å². The van der Waals surface area contributed by atoms with Crippen LogP contribution < -0.4 is 5.32 Å². The fraction of sp³-hybridized carbons (Fsp3) is 0.350. The van der Waals surface area contributed by atoms with Gasteiger partial charge in [0.15, 0.2) is 6.04 Å². The molecule has 4 rings (SSSR count). The standard InChI is InChI=1S/C20H22N4OS/c25-20(19(24-14-6-12-22-24)15-7-2-1-3-8-15)21-13-11-18-23-16-9-4-5-10-17(16)26-18/h1-3,6-8,12,14,19H,4-5,9-11,13H2,(H,21,25). The van der Waals surface area contributed by atoms with Crippen LogP contribution in [0.4, 0.5) is 0 Å². The lowest BCUT2D eigenvalue weighted by Crippen LogP contribution is -2.34. The molecule has 1 unspecified atom stereocenters. The van der Waals surface area contributed by atoms with Crippen molar-refractivity contribution in [3.05, 3.63) is 69.9 Å². The molecule has 0 saturated heterocycles. The van der Waals surface area contributed by atoms with Gasteiger partial charge >= 0.3 is 0 Å². The van der Waals surface area contributed by atoms with Crippen LogP contribution in [0.2, 0.25) is 0 Å². The van der Waals surface area contributed by atoms with Gasteiger partial charge in [-0.25, -0.2) is 4.98 Å². The number of thiazole rings is 1. The summed E-state index contributed by atoms with van der Waals surface area (Å²) in [6.45, 7) is 0.593. The summed E-state index contributed by atoms with van der Waals surface area (Å²) < 4.78 is 1.70. The molecule has 6 heteroatoms. The molecule has 2 aromatic heterocycles. The number of nitrogens with one attached hydrogen (secondary N) is 1. The fourth-order valence-electron chi connectivity index (χ4n) is 3.39. The molecule has 0 radical (unpaired) electrons. The number of nitrogens with zero attached hydrogens (tertiary/aromatic N) is 3. The molecule has 134 valence electrons. The van der Waals surface area contributed by atoms with Crippen LogP contribution in [-0.4, -0.2) is 27.2 Å². The zero-order valence-electron chi connectivity index (χ0n) is 14.6. The van der Waals surface area contributed by atoms with E-state index in [0.717, 1.165) is 29.8 Å². The predicted octanol–water partition coefficient (Wildman–Crippen LogP) is 3.17. The van der Waals surface area contributed by atoms with Gasteiger partial charge in [0.05, 0.1) is 10.7 Å². The average Bonchev–Trinajstić information content (AvgIpc) is 3.32. The minimum Gasteiger partial charge on any atom is -0.354 e. The third-order valence-electron chi connectivity index (χ3n) is 4.68. The molecule has 0 bridgehead atoms. The average molecular weight is 366 g/mol. The highest BCUT2D eigenvalue weighted by molar-refractivity contribution is 7.11. The van der Waals surface area contributed by atoms with E-state index >= 15 is 0 Å². The van der Waals surface area contributed by atoms with E-state index in [1.54, 1.807) is 10.9 Å². The van der Waals surface area contributed by atoms with Gasteiger partial charge in [-0.2, -0.15) is 5.10 Å². The van der Waals surface area contributed by atoms with Crippen LogP contribution in [0.3, 0.4) is 0 Å². The van der Waals surface area contributed by atoms with E-state index in [4.69, 9.17) is 4.98 Å². The number of carbonyl (C=O) groups excluding carboxylic acids is 1. The minimum atomic E-state index is -0.448. The Hall–Kier alpha value is -2.47. The van der Waals surface area contributed by atoms with Gasteiger partial charge in [0.25, 0.3) is 0 Å². The first-order chi connectivity index (χ1) is 12.8. The van der Waals surface area contributed by atoms with Gasteiger partial charge in [-0.15, -0.1) is 11.3 Å². The van der Waals surface area contributed by atoms with Crippen molar-refractivity contribution in [1.82, 2.24) is 20.1 Å². The number of hydrogen-bond donors (Lipinski definition) is 1. The summed E-state index contributed by atoms with van der Waals surface area (Å²) in [5, 5.41) is 8.47. The SMILES string of the molecule is O=C(NCCc1nc2c(s1)CCCC2)C(c1ccccc1)n1cccn1. The molecule has 5 nitrogen and oxygen atoms in total. The van der Waals surface area contributed by atoms with Crippen molar-refractivity contribution < 1.29 is 4.79 Å². The molecular formula is C20H22N4OS. The Balaban J connectivity index is 1.41. The van der Waals surface area contributed by atoms with E-state index in [0.29, 0.717) is 6.54 Å². The Morgan fingerprint density at radius 2 is 2.04 bits per heavy atom. The Bertz CT molecular complexity index is 834. The second-order valence-corrected chi connectivity index (χ2v) is 7.69. The molecule has 1 N–H and O–H groups in total. The maximum absolute atomic E-state index is 12.8. The normalized spacial score (nSPS) is 14.6. The summed E-state index contributed by atoms with van der Waals surface area (Å²) in [5.41, 5.74) is 2.21. The minimum absolute atomic E-state index is 0.0405. The van der Waals surface area contributed by atoms with Crippen molar-refractivity contribution in [3.63, 3.8) is 0 Å². The summed E-state index contributed by atoms with van der Waals surface area (Å²) in [6.07, 6.45) is 9.09. The number of fused-ring (bicyclic) bond motifs is 1. The molecule has 3 aromatic rings. The van der Waals surface area contributed by atoms with Crippen molar-refractivity contribution >= 4 is 17.2 Å². The monoisotopic (exact) mass is 366 g/mol. The van der Waals surface area contributed by atoms with Gasteiger partial charge in [0.1, 0.15) is 0 Å². The van der Waals surface area contributed by atoms with Gasteiger partial charge in [-0.3, -0.25) is 9.48 Å². The van der Waals surface area contributed by atoms with Crippen LogP contribution in [0.15, 0.2) is 48.8 Å². The van der Waals surface area contributed by atoms with Gasteiger partial charge in [-0.1, -0.05) is 30.3 Å². The van der Waals surface area contributed by atoms with Crippen molar-refractivity contribution in [3.8, 4) is 0 Å². The van der Waals surface area contributed by atoms with E-state index in [1.807, 2.05) is 53.9 Å². The van der Waals surface area contributed by atoms with Crippen LogP contribution in [0, 0.1) is 0 Å². The highest BCUT2D eigenvalue weighted by Gasteiger charge is 2.22. The number of carbonyl (C=O) groups is 1. The lowest BCUT2D eigenvalue weighted by atomic mass is 10.0. The number of amides is 1. The number of benzene rings is 1. The highest BCUT2D eigenvalue weighted by atomic mass is 32.1. The highest BCUT2D eigenvalue weighted by Crippen LogP contribution is 2.26. The molecule has 0 fully saturated rings. The maximum Gasteiger partial charge on any atom is 0.249 e. The van der Waals surface area contributed by atoms with Crippen molar-refractivity contribution in [2.75, 3.05) is 6.54 Å². The molecule has 0 saturated carbocycles. The summed E-state index contributed by atoms with van der Waals surface area (Å²) in [5.74, 6) is -0.0405. The second kappa shape index (κ2) is 7.83. The smallest absolute Gasteiger partial charge is 0.249 e. The fourth-order valence-corrected chi connectivity index (χ4v) is 4.55. The molecule has 1 aromatic carbocycles. The topological polar surface area (TPSA) is 59.8 Å². The summed E-state index contributed by atoms with van der Waals surface area (Å²) in [7, 11) is 0. The Kier molecular flexibility index (Phi) is 5.11. The van der Waals surface area contributed by atoms with Crippen LogP contribution in [-0.2, 0) is 24.1 Å². The number of aromatic nitrogens is 3. The molecule has 1 amide bonds. The predicted molar refractivity (Wildman–Crippen MR) is 102 cm³/mol. The van der Waals surface area contributed by atoms with E-state index in [9.17, 15) is 4.79 Å². The van der Waals surface area contributed by atoms with Gasteiger partial charge in [-0.05, 0) is 37.3 Å². The Morgan fingerprint density at radius 1 is 1.19 bits per heavy atom. The van der Waals surface area contributed by atoms with Crippen molar-refractivity contribution in [1.29, 1.82) is 0 Å². The van der Waals surface area contributed by atoms with Crippen LogP contribution >= 0.6 is 11.3 Å². The van der Waals surface area contributed by atoms with E-state index < -0.39 is 6.04 Å². The first kappa shape index (κ1) is 17.0. The maximum atomic E-state index is 12.8. The molecule has 26 heavy (non-hydrogen) atoms. The number of aryl methyl sites for hydroxylation is 2. The number of hydrogen-bond acceptors (Lipinski definition) is 4. The lowest BCUT2D eigenvalue weighted by Gasteiger charge is -2.17. The summed E-state index contributed by atoms with van der Waals surface area (Å²) in [6, 6.07) is 11.1. The van der Waals surface area contributed by atoms with E-state index in [1.165, 1.54) is 23.4 Å². The molecule has 1 aliphatic rings. The zero-order valence-corrected chi connectivity index (χ0v) is 15.4. The first-order valence-corrected chi connectivity index (χ1v) is 9.92. The molecular weight excluding hydrogens is 344 g/mol. The van der Waals surface area contributed by atoms with Gasteiger partial charge < -0.3 is 5.32 Å². The third kappa shape index (κ3) is 3.70. The summed E-state index contributed by atoms with van der Waals surface area (Å²) in [4.78, 5) is 19.0. The Morgan fingerprint density at radius 3 is 2.81 bits per heavy atom. The lowest BCUT2D eigenvalue weighted by molar-refractivity contribution is -0.123. The van der Waals surface area contributed by atoms with Gasteiger partial charge in [0.2, 0.25) is 5.91 Å². The molecule has 0 spiro atoms. The summed E-state index contributed by atoms with van der Waals surface area (Å²) >= 11 is 1.81. The Labute approximate surface area is 157 Å². The van der Waals surface area contributed by atoms with Crippen molar-refractivity contribution in [2.45, 2.75) is 38.1 Å². The first-order valence-electron chi connectivity index (χ1n) is 9.10. The number of rotatable bonds is 6. The van der Waals surface area contributed by atoms with Crippen molar-refractivity contribution in [2.24, 2.45) is 0 Å². The quantitative estimate of drug-likeness (QED) is 0.729. The van der Waals surface area contributed by atoms with E-state index in [2.05, 4.69) is 10.4 Å². The molecule has 2 heterocycles. The third-order valence-corrected chi connectivity index (χ3v) is 5.90. The molecule has 0 aliphatic heterocycles. The molecule has 1 atom stereocenters. The van der Waals surface area contributed by atoms with Crippen LogP contribution in [0.25, 0.3) is 0 Å². The zero-order chi connectivity index (χ0) is 17.8. The second-order valence-electron chi connectivity index (χ2n) is 6.52. The van der Waals surface area contributed by atoms with Gasteiger partial charge in [0, 0.05) is 30.2 Å². The van der Waals surface area contributed by atoms with Crippen LogP contribution in [0.5, 0.6) is 0 Å². The van der Waals surface area contributed by atoms with Crippen LogP contribution in [0.1, 0.15) is 40.0 Å². The molecule has 1 aliphatic carbocycles. The largest absolute Gasteiger partial charge is 0.354 e.